The van der Waals surface area contributed by atoms with Crippen molar-refractivity contribution < 1.29 is 18.1 Å². The van der Waals surface area contributed by atoms with Gasteiger partial charge in [-0.25, -0.2) is 8.42 Å². The monoisotopic (exact) mass is 439 g/mol. The summed E-state index contributed by atoms with van der Waals surface area (Å²) in [6, 6.07) is 9.22. The average molecular weight is 440 g/mol. The SMILES string of the molecule is Cc1ccc([N+](=O)[O-])cc1N(CCCC(=O)Nc1cccc(Cl)c1C)S(C)(=O)=O. The smallest absolute Gasteiger partial charge is 0.271 e. The molecule has 0 aliphatic carbocycles. The molecule has 0 atom stereocenters. The van der Waals surface area contributed by atoms with Gasteiger partial charge in [-0.2, -0.15) is 0 Å². The molecule has 29 heavy (non-hydrogen) atoms. The number of aryl methyl sites for hydroxylation is 1. The van der Waals surface area contributed by atoms with Crippen LogP contribution in [0.1, 0.15) is 24.0 Å². The molecule has 2 aromatic carbocycles. The maximum absolute atomic E-state index is 12.3. The highest BCUT2D eigenvalue weighted by atomic mass is 35.5. The Morgan fingerprint density at radius 2 is 1.93 bits per heavy atom. The number of sulfonamides is 1. The molecule has 0 aliphatic rings. The molecule has 0 aliphatic heterocycles. The molecule has 0 unspecified atom stereocenters. The Labute approximate surface area is 174 Å². The van der Waals surface area contributed by atoms with Crippen LogP contribution in [-0.4, -0.2) is 32.0 Å². The van der Waals surface area contributed by atoms with Gasteiger partial charge in [-0.3, -0.25) is 19.2 Å². The van der Waals surface area contributed by atoms with Crippen molar-refractivity contribution in [3.63, 3.8) is 0 Å². The van der Waals surface area contributed by atoms with E-state index in [0.717, 1.165) is 16.1 Å². The van der Waals surface area contributed by atoms with Crippen LogP contribution in [-0.2, 0) is 14.8 Å². The lowest BCUT2D eigenvalue weighted by Crippen LogP contribution is -2.32. The quantitative estimate of drug-likeness (QED) is 0.492. The van der Waals surface area contributed by atoms with Crippen molar-refractivity contribution in [3.05, 3.63) is 62.7 Å². The number of hydrogen-bond donors (Lipinski definition) is 1. The van der Waals surface area contributed by atoms with Crippen molar-refractivity contribution in [2.75, 3.05) is 22.4 Å². The van der Waals surface area contributed by atoms with Crippen LogP contribution >= 0.6 is 11.6 Å². The van der Waals surface area contributed by atoms with Crippen LogP contribution in [0.4, 0.5) is 17.1 Å². The third kappa shape index (κ3) is 5.91. The molecule has 0 heterocycles. The first-order valence-corrected chi connectivity index (χ1v) is 11.0. The number of amides is 1. The number of nitrogens with zero attached hydrogens (tertiary/aromatic N) is 2. The molecule has 0 saturated heterocycles. The van der Waals surface area contributed by atoms with Crippen LogP contribution in [0.2, 0.25) is 5.02 Å². The molecule has 0 spiro atoms. The Kier molecular flexibility index (Phi) is 7.21. The molecule has 156 valence electrons. The molecule has 1 amide bonds. The summed E-state index contributed by atoms with van der Waals surface area (Å²) in [6.45, 7) is 3.48. The Bertz CT molecular complexity index is 1040. The van der Waals surface area contributed by atoms with E-state index in [1.807, 2.05) is 0 Å². The fourth-order valence-electron chi connectivity index (χ4n) is 2.78. The lowest BCUT2D eigenvalue weighted by molar-refractivity contribution is -0.384. The second-order valence-electron chi connectivity index (χ2n) is 6.63. The van der Waals surface area contributed by atoms with Gasteiger partial charge in [0.15, 0.2) is 0 Å². The summed E-state index contributed by atoms with van der Waals surface area (Å²) in [4.78, 5) is 22.7. The molecule has 0 radical (unpaired) electrons. The van der Waals surface area contributed by atoms with E-state index in [1.165, 1.54) is 18.2 Å². The fourth-order valence-corrected chi connectivity index (χ4v) is 3.97. The van der Waals surface area contributed by atoms with E-state index in [2.05, 4.69) is 5.32 Å². The number of benzene rings is 2. The van der Waals surface area contributed by atoms with E-state index in [4.69, 9.17) is 11.6 Å². The number of non-ortho nitro benzene ring substituents is 1. The summed E-state index contributed by atoms with van der Waals surface area (Å²) in [7, 11) is -3.69. The van der Waals surface area contributed by atoms with Crippen molar-refractivity contribution >= 4 is 44.6 Å². The van der Waals surface area contributed by atoms with Gasteiger partial charge in [0.25, 0.3) is 5.69 Å². The zero-order valence-corrected chi connectivity index (χ0v) is 17.9. The van der Waals surface area contributed by atoms with Gasteiger partial charge in [-0.15, -0.1) is 0 Å². The molecule has 2 rings (SSSR count). The van der Waals surface area contributed by atoms with Crippen molar-refractivity contribution in [2.45, 2.75) is 26.7 Å². The van der Waals surface area contributed by atoms with Crippen LogP contribution in [0.15, 0.2) is 36.4 Å². The molecule has 0 fully saturated rings. The second kappa shape index (κ2) is 9.23. The molecule has 0 saturated carbocycles. The van der Waals surface area contributed by atoms with E-state index in [9.17, 15) is 23.3 Å². The zero-order chi connectivity index (χ0) is 21.8. The van der Waals surface area contributed by atoms with Crippen LogP contribution in [0.25, 0.3) is 0 Å². The van der Waals surface area contributed by atoms with Crippen molar-refractivity contribution in [3.8, 4) is 0 Å². The van der Waals surface area contributed by atoms with Gasteiger partial charge in [0.05, 0.1) is 16.9 Å². The Balaban J connectivity index is 2.11. The predicted molar refractivity (Wildman–Crippen MR) is 114 cm³/mol. The highest BCUT2D eigenvalue weighted by molar-refractivity contribution is 7.92. The first-order chi connectivity index (χ1) is 13.5. The maximum Gasteiger partial charge on any atom is 0.271 e. The Hall–Kier alpha value is -2.65. The molecular weight excluding hydrogens is 418 g/mol. The van der Waals surface area contributed by atoms with Gasteiger partial charge in [-0.1, -0.05) is 23.7 Å². The minimum atomic E-state index is -3.69. The molecule has 1 N–H and O–H groups in total. The van der Waals surface area contributed by atoms with Crippen LogP contribution in [0.3, 0.4) is 0 Å². The van der Waals surface area contributed by atoms with E-state index in [0.29, 0.717) is 16.3 Å². The van der Waals surface area contributed by atoms with Gasteiger partial charge in [0.2, 0.25) is 15.9 Å². The number of hydrogen-bond acceptors (Lipinski definition) is 5. The first kappa shape index (κ1) is 22.6. The topological polar surface area (TPSA) is 110 Å². The number of carbonyl (C=O) groups excluding carboxylic acids is 1. The van der Waals surface area contributed by atoms with Crippen molar-refractivity contribution in [1.82, 2.24) is 0 Å². The highest BCUT2D eigenvalue weighted by Crippen LogP contribution is 2.28. The Morgan fingerprint density at radius 3 is 2.55 bits per heavy atom. The third-order valence-electron chi connectivity index (χ3n) is 4.38. The van der Waals surface area contributed by atoms with Crippen LogP contribution < -0.4 is 9.62 Å². The number of nitro groups is 1. The van der Waals surface area contributed by atoms with E-state index >= 15 is 0 Å². The summed E-state index contributed by atoms with van der Waals surface area (Å²) in [5, 5.41) is 14.3. The maximum atomic E-state index is 12.3. The predicted octanol–water partition coefficient (Wildman–Crippen LogP) is 4.05. The summed E-state index contributed by atoms with van der Waals surface area (Å²) in [5.41, 5.74) is 1.95. The molecule has 0 bridgehead atoms. The molecule has 0 aromatic heterocycles. The zero-order valence-electron chi connectivity index (χ0n) is 16.3. The standard InChI is InChI=1S/C19H22ClN3O5S/c1-13-9-10-15(23(25)26)12-18(13)22(29(3,27)28)11-5-8-19(24)21-17-7-4-6-16(20)14(17)2/h4,6-7,9-10,12H,5,8,11H2,1-3H3,(H,21,24). The number of nitrogens with one attached hydrogen (secondary N) is 1. The third-order valence-corrected chi connectivity index (χ3v) is 5.97. The highest BCUT2D eigenvalue weighted by Gasteiger charge is 2.22. The number of carbonyl (C=O) groups is 1. The van der Waals surface area contributed by atoms with Gasteiger partial charge in [0.1, 0.15) is 0 Å². The number of anilines is 2. The molecule has 10 heteroatoms. The normalized spacial score (nSPS) is 11.2. The Morgan fingerprint density at radius 1 is 1.24 bits per heavy atom. The molecular formula is C19H22ClN3O5S. The van der Waals surface area contributed by atoms with E-state index in [-0.39, 0.29) is 36.7 Å². The molecule has 8 nitrogen and oxygen atoms in total. The van der Waals surface area contributed by atoms with Crippen molar-refractivity contribution in [2.24, 2.45) is 0 Å². The summed E-state index contributed by atoms with van der Waals surface area (Å²) >= 11 is 6.04. The second-order valence-corrected chi connectivity index (χ2v) is 8.94. The molecule has 2 aromatic rings. The minimum absolute atomic E-state index is 0.0167. The van der Waals surface area contributed by atoms with Gasteiger partial charge in [0, 0.05) is 35.8 Å². The lowest BCUT2D eigenvalue weighted by Gasteiger charge is -2.24. The average Bonchev–Trinajstić information content (AvgIpc) is 2.62. The number of rotatable bonds is 8. The minimum Gasteiger partial charge on any atom is -0.326 e. The van der Waals surface area contributed by atoms with Crippen LogP contribution in [0.5, 0.6) is 0 Å². The van der Waals surface area contributed by atoms with Gasteiger partial charge in [-0.05, 0) is 43.5 Å². The van der Waals surface area contributed by atoms with Crippen LogP contribution in [0, 0.1) is 24.0 Å². The number of nitro benzene ring substituents is 1. The summed E-state index contributed by atoms with van der Waals surface area (Å²) in [5.74, 6) is -0.278. The van der Waals surface area contributed by atoms with Gasteiger partial charge >= 0.3 is 0 Å². The fraction of sp³-hybridized carbons (Fsp3) is 0.316. The number of halogens is 1. The lowest BCUT2D eigenvalue weighted by atomic mass is 10.1. The summed E-state index contributed by atoms with van der Waals surface area (Å²) < 4.78 is 25.6. The summed E-state index contributed by atoms with van der Waals surface area (Å²) in [6.07, 6.45) is 1.34. The first-order valence-electron chi connectivity index (χ1n) is 8.78. The largest absolute Gasteiger partial charge is 0.326 e. The van der Waals surface area contributed by atoms with E-state index in [1.54, 1.807) is 32.0 Å². The van der Waals surface area contributed by atoms with Gasteiger partial charge < -0.3 is 5.32 Å². The van der Waals surface area contributed by atoms with E-state index < -0.39 is 14.9 Å². The van der Waals surface area contributed by atoms with Crippen molar-refractivity contribution in [1.29, 1.82) is 0 Å².